The molecule has 0 saturated heterocycles. The molecule has 2 heterocycles. The smallest absolute Gasteiger partial charge is 0.227 e. The molecule has 0 atom stereocenters. The van der Waals surface area contributed by atoms with Crippen molar-refractivity contribution in [2.75, 3.05) is 5.32 Å². The van der Waals surface area contributed by atoms with Gasteiger partial charge in [0.15, 0.2) is 5.58 Å². The maximum absolute atomic E-state index is 5.96. The Morgan fingerprint density at radius 3 is 2.65 bits per heavy atom. The summed E-state index contributed by atoms with van der Waals surface area (Å²) in [6.45, 7) is 0. The molecule has 0 amide bonds. The molecule has 0 unspecified atom stereocenters. The van der Waals surface area contributed by atoms with E-state index in [2.05, 4.69) is 31.2 Å². The van der Waals surface area contributed by atoms with Crippen molar-refractivity contribution in [1.82, 2.24) is 9.97 Å². The molecule has 0 fully saturated rings. The predicted molar refractivity (Wildman–Crippen MR) is 94.7 cm³/mol. The lowest BCUT2D eigenvalue weighted by Gasteiger charge is -2.06. The number of aromatic nitrogens is 2. The molecule has 2 aromatic carbocycles. The Hall–Kier alpha value is -2.66. The van der Waals surface area contributed by atoms with E-state index in [-0.39, 0.29) is 0 Å². The van der Waals surface area contributed by atoms with Crippen molar-refractivity contribution in [2.45, 2.75) is 0 Å². The Kier molecular flexibility index (Phi) is 3.55. The summed E-state index contributed by atoms with van der Waals surface area (Å²) in [6, 6.07) is 17.8. The molecule has 0 radical (unpaired) electrons. The predicted octanol–water partition coefficient (Wildman–Crippen LogP) is 5.40. The van der Waals surface area contributed by atoms with Gasteiger partial charge in [-0.3, -0.25) is 4.98 Å². The van der Waals surface area contributed by atoms with Crippen molar-refractivity contribution in [2.24, 2.45) is 0 Å². The van der Waals surface area contributed by atoms with Crippen LogP contribution in [0.15, 0.2) is 75.9 Å². The molecule has 23 heavy (non-hydrogen) atoms. The van der Waals surface area contributed by atoms with E-state index in [0.717, 1.165) is 26.9 Å². The summed E-state index contributed by atoms with van der Waals surface area (Å²) in [5.41, 5.74) is 4.10. The fourth-order valence-corrected chi connectivity index (χ4v) is 2.77. The van der Waals surface area contributed by atoms with E-state index in [9.17, 15) is 0 Å². The number of rotatable bonds is 3. The van der Waals surface area contributed by atoms with Gasteiger partial charge in [-0.25, -0.2) is 4.98 Å². The van der Waals surface area contributed by atoms with Crippen LogP contribution in [0.4, 0.5) is 11.4 Å². The van der Waals surface area contributed by atoms with Crippen LogP contribution in [-0.2, 0) is 0 Å². The highest BCUT2D eigenvalue weighted by molar-refractivity contribution is 9.10. The Labute approximate surface area is 141 Å². The summed E-state index contributed by atoms with van der Waals surface area (Å²) >= 11 is 3.47. The highest BCUT2D eigenvalue weighted by Crippen LogP contribution is 2.30. The fraction of sp³-hybridized carbons (Fsp3) is 0. The molecule has 4 rings (SSSR count). The minimum atomic E-state index is 0.589. The largest absolute Gasteiger partial charge is 0.434 e. The number of nitrogens with zero attached hydrogens (tertiary/aromatic N) is 2. The number of hydrogen-bond donors (Lipinski definition) is 1. The van der Waals surface area contributed by atoms with Crippen LogP contribution in [0.3, 0.4) is 0 Å². The van der Waals surface area contributed by atoms with Crippen molar-refractivity contribution in [3.8, 4) is 11.5 Å². The molecule has 0 aliphatic carbocycles. The number of anilines is 2. The Morgan fingerprint density at radius 2 is 1.83 bits per heavy atom. The summed E-state index contributed by atoms with van der Waals surface area (Å²) in [4.78, 5) is 8.77. The molecule has 0 aliphatic heterocycles. The van der Waals surface area contributed by atoms with Crippen molar-refractivity contribution >= 4 is 38.4 Å². The highest BCUT2D eigenvalue weighted by Gasteiger charge is 2.12. The van der Waals surface area contributed by atoms with E-state index in [4.69, 9.17) is 4.42 Å². The average molecular weight is 366 g/mol. The lowest BCUT2D eigenvalue weighted by Crippen LogP contribution is -1.91. The van der Waals surface area contributed by atoms with Gasteiger partial charge in [-0.1, -0.05) is 40.2 Å². The number of benzene rings is 2. The summed E-state index contributed by atoms with van der Waals surface area (Å²) in [5.74, 6) is 0.589. The second kappa shape index (κ2) is 5.85. The molecule has 0 aliphatic rings. The standard InChI is InChI=1S/C18H12BrN3O/c19-13-7-4-8-14(9-13)21-15-10-20-11-16-17(15)23-18(22-16)12-5-2-1-3-6-12/h1-11,21H. The SMILES string of the molecule is Brc1cccc(Nc2cncc3nc(-c4ccccc4)oc23)c1. The van der Waals surface area contributed by atoms with Gasteiger partial charge < -0.3 is 9.73 Å². The molecule has 112 valence electrons. The van der Waals surface area contributed by atoms with Gasteiger partial charge in [0.05, 0.1) is 12.4 Å². The molecular formula is C18H12BrN3O. The third kappa shape index (κ3) is 2.83. The Bertz CT molecular complexity index is 966. The zero-order valence-electron chi connectivity index (χ0n) is 12.0. The van der Waals surface area contributed by atoms with Crippen LogP contribution in [-0.4, -0.2) is 9.97 Å². The fourth-order valence-electron chi connectivity index (χ4n) is 2.37. The van der Waals surface area contributed by atoms with Crippen LogP contribution < -0.4 is 5.32 Å². The first-order valence-electron chi connectivity index (χ1n) is 7.12. The van der Waals surface area contributed by atoms with E-state index in [1.54, 1.807) is 12.4 Å². The third-order valence-electron chi connectivity index (χ3n) is 3.42. The summed E-state index contributed by atoms with van der Waals surface area (Å²) in [7, 11) is 0. The summed E-state index contributed by atoms with van der Waals surface area (Å²) in [6.07, 6.45) is 3.44. The van der Waals surface area contributed by atoms with Gasteiger partial charge >= 0.3 is 0 Å². The third-order valence-corrected chi connectivity index (χ3v) is 3.92. The van der Waals surface area contributed by atoms with Crippen LogP contribution in [0.5, 0.6) is 0 Å². The molecule has 5 heteroatoms. The molecule has 0 bridgehead atoms. The van der Waals surface area contributed by atoms with Gasteiger partial charge in [0, 0.05) is 15.7 Å². The average Bonchev–Trinajstić information content (AvgIpc) is 3.01. The molecule has 0 spiro atoms. The monoisotopic (exact) mass is 365 g/mol. The Balaban J connectivity index is 1.77. The number of hydrogen-bond acceptors (Lipinski definition) is 4. The summed E-state index contributed by atoms with van der Waals surface area (Å²) < 4.78 is 6.97. The number of halogens is 1. The van der Waals surface area contributed by atoms with Gasteiger partial charge in [-0.15, -0.1) is 0 Å². The van der Waals surface area contributed by atoms with Crippen LogP contribution in [0, 0.1) is 0 Å². The molecular weight excluding hydrogens is 354 g/mol. The van der Waals surface area contributed by atoms with E-state index >= 15 is 0 Å². The van der Waals surface area contributed by atoms with Crippen LogP contribution in [0.2, 0.25) is 0 Å². The second-order valence-corrected chi connectivity index (χ2v) is 5.97. The van der Waals surface area contributed by atoms with Crippen molar-refractivity contribution in [1.29, 1.82) is 0 Å². The molecule has 2 aromatic heterocycles. The number of pyridine rings is 1. The first-order valence-corrected chi connectivity index (χ1v) is 7.91. The van der Waals surface area contributed by atoms with Gasteiger partial charge in [-0.05, 0) is 30.3 Å². The maximum atomic E-state index is 5.96. The van der Waals surface area contributed by atoms with Crippen molar-refractivity contribution < 1.29 is 4.42 Å². The first kappa shape index (κ1) is 14.0. The second-order valence-electron chi connectivity index (χ2n) is 5.06. The number of nitrogens with one attached hydrogen (secondary N) is 1. The van der Waals surface area contributed by atoms with E-state index in [1.165, 1.54) is 0 Å². The molecule has 4 nitrogen and oxygen atoms in total. The van der Waals surface area contributed by atoms with Gasteiger partial charge in [-0.2, -0.15) is 0 Å². The van der Waals surface area contributed by atoms with Crippen molar-refractivity contribution in [3.63, 3.8) is 0 Å². The van der Waals surface area contributed by atoms with E-state index in [0.29, 0.717) is 11.5 Å². The van der Waals surface area contributed by atoms with Gasteiger partial charge in [0.2, 0.25) is 5.89 Å². The number of fused-ring (bicyclic) bond motifs is 1. The lowest BCUT2D eigenvalue weighted by molar-refractivity contribution is 0.620. The van der Waals surface area contributed by atoms with Gasteiger partial charge in [0.25, 0.3) is 0 Å². The maximum Gasteiger partial charge on any atom is 0.227 e. The molecule has 1 N–H and O–H groups in total. The van der Waals surface area contributed by atoms with Crippen molar-refractivity contribution in [3.05, 3.63) is 71.5 Å². The first-order chi connectivity index (χ1) is 11.3. The molecule has 0 saturated carbocycles. The van der Waals surface area contributed by atoms with Crippen LogP contribution in [0.1, 0.15) is 0 Å². The normalized spacial score (nSPS) is 10.8. The minimum absolute atomic E-state index is 0.589. The quantitative estimate of drug-likeness (QED) is 0.528. The zero-order chi connectivity index (χ0) is 15.6. The zero-order valence-corrected chi connectivity index (χ0v) is 13.6. The minimum Gasteiger partial charge on any atom is -0.434 e. The number of oxazole rings is 1. The van der Waals surface area contributed by atoms with Crippen LogP contribution >= 0.6 is 15.9 Å². The highest BCUT2D eigenvalue weighted by atomic mass is 79.9. The Morgan fingerprint density at radius 1 is 0.957 bits per heavy atom. The molecule has 4 aromatic rings. The van der Waals surface area contributed by atoms with Gasteiger partial charge in [0.1, 0.15) is 11.2 Å². The van der Waals surface area contributed by atoms with E-state index < -0.39 is 0 Å². The topological polar surface area (TPSA) is 51.0 Å². The van der Waals surface area contributed by atoms with E-state index in [1.807, 2.05) is 54.6 Å². The van der Waals surface area contributed by atoms with Crippen LogP contribution in [0.25, 0.3) is 22.6 Å². The summed E-state index contributed by atoms with van der Waals surface area (Å²) in [5, 5.41) is 3.33. The lowest BCUT2D eigenvalue weighted by atomic mass is 10.2.